The molecule has 6 heteroatoms. The SMILES string of the molecule is O=[N+]([O-])c1ccc(OCc2ccc(Cl)cc2)cn1. The molecule has 2 rings (SSSR count). The fourth-order valence-electron chi connectivity index (χ4n) is 1.31. The van der Waals surface area contributed by atoms with Crippen LogP contribution >= 0.6 is 11.6 Å². The fourth-order valence-corrected chi connectivity index (χ4v) is 1.44. The monoisotopic (exact) mass is 264 g/mol. The van der Waals surface area contributed by atoms with E-state index in [2.05, 4.69) is 4.98 Å². The Morgan fingerprint density at radius 1 is 1.22 bits per heavy atom. The Hall–Kier alpha value is -2.14. The average molecular weight is 265 g/mol. The van der Waals surface area contributed by atoms with Crippen molar-refractivity contribution in [2.24, 2.45) is 0 Å². The standard InChI is InChI=1S/C12H9ClN2O3/c13-10-3-1-9(2-4-10)8-18-11-5-6-12(14-7-11)15(16)17/h1-7H,8H2. The quantitative estimate of drug-likeness (QED) is 0.628. The molecule has 0 radical (unpaired) electrons. The van der Waals surface area contributed by atoms with Gasteiger partial charge in [-0.05, 0) is 33.7 Å². The van der Waals surface area contributed by atoms with E-state index >= 15 is 0 Å². The normalized spacial score (nSPS) is 10.1. The second kappa shape index (κ2) is 5.46. The molecule has 0 amide bonds. The van der Waals surface area contributed by atoms with Gasteiger partial charge in [-0.2, -0.15) is 0 Å². The van der Waals surface area contributed by atoms with Gasteiger partial charge in [0.25, 0.3) is 0 Å². The number of hydrogen-bond acceptors (Lipinski definition) is 4. The third kappa shape index (κ3) is 3.18. The van der Waals surface area contributed by atoms with Gasteiger partial charge in [-0.25, -0.2) is 0 Å². The first-order chi connectivity index (χ1) is 8.65. The van der Waals surface area contributed by atoms with Crippen molar-refractivity contribution in [1.29, 1.82) is 0 Å². The molecule has 0 aliphatic carbocycles. The number of ether oxygens (including phenoxy) is 1. The summed E-state index contributed by atoms with van der Waals surface area (Å²) in [4.78, 5) is 13.5. The van der Waals surface area contributed by atoms with E-state index < -0.39 is 4.92 Å². The highest BCUT2D eigenvalue weighted by Gasteiger charge is 2.06. The zero-order valence-corrected chi connectivity index (χ0v) is 10.0. The van der Waals surface area contributed by atoms with E-state index in [1.807, 2.05) is 12.1 Å². The van der Waals surface area contributed by atoms with E-state index in [0.717, 1.165) is 5.56 Å². The van der Waals surface area contributed by atoms with Gasteiger partial charge in [-0.3, -0.25) is 0 Å². The van der Waals surface area contributed by atoms with Crippen LogP contribution in [0.1, 0.15) is 5.56 Å². The van der Waals surface area contributed by atoms with Gasteiger partial charge in [0, 0.05) is 11.1 Å². The minimum absolute atomic E-state index is 0.200. The zero-order chi connectivity index (χ0) is 13.0. The van der Waals surface area contributed by atoms with E-state index in [9.17, 15) is 10.1 Å². The van der Waals surface area contributed by atoms with Crippen molar-refractivity contribution in [3.05, 3.63) is 63.3 Å². The number of nitrogens with zero attached hydrogens (tertiary/aromatic N) is 2. The summed E-state index contributed by atoms with van der Waals surface area (Å²) in [5.41, 5.74) is 0.956. The van der Waals surface area contributed by atoms with Crippen LogP contribution in [0.5, 0.6) is 5.75 Å². The largest absolute Gasteiger partial charge is 0.485 e. The van der Waals surface area contributed by atoms with Crippen molar-refractivity contribution in [1.82, 2.24) is 4.98 Å². The summed E-state index contributed by atoms with van der Waals surface area (Å²) in [6.07, 6.45) is 1.33. The Bertz CT molecular complexity index is 540. The zero-order valence-electron chi connectivity index (χ0n) is 9.25. The Morgan fingerprint density at radius 2 is 1.94 bits per heavy atom. The summed E-state index contributed by atoms with van der Waals surface area (Å²) >= 11 is 5.76. The second-order valence-corrected chi connectivity index (χ2v) is 3.96. The molecule has 92 valence electrons. The van der Waals surface area contributed by atoms with Crippen LogP contribution in [0.3, 0.4) is 0 Å². The predicted molar refractivity (Wildman–Crippen MR) is 66.7 cm³/mol. The molecule has 1 aromatic carbocycles. The van der Waals surface area contributed by atoms with Crippen molar-refractivity contribution in [3.63, 3.8) is 0 Å². The van der Waals surface area contributed by atoms with E-state index in [4.69, 9.17) is 16.3 Å². The summed E-state index contributed by atoms with van der Waals surface area (Å²) < 4.78 is 5.44. The lowest BCUT2D eigenvalue weighted by Gasteiger charge is -2.04. The molecular formula is C12H9ClN2O3. The highest BCUT2D eigenvalue weighted by atomic mass is 35.5. The van der Waals surface area contributed by atoms with Crippen LogP contribution in [0.4, 0.5) is 5.82 Å². The van der Waals surface area contributed by atoms with Gasteiger partial charge in [0.2, 0.25) is 0 Å². The molecule has 0 saturated heterocycles. The lowest BCUT2D eigenvalue weighted by Crippen LogP contribution is -1.97. The average Bonchev–Trinajstić information content (AvgIpc) is 2.38. The van der Waals surface area contributed by atoms with Crippen LogP contribution in [-0.4, -0.2) is 9.91 Å². The van der Waals surface area contributed by atoms with Crippen LogP contribution in [-0.2, 0) is 6.61 Å². The van der Waals surface area contributed by atoms with Gasteiger partial charge in [0.05, 0.1) is 0 Å². The Morgan fingerprint density at radius 3 is 2.50 bits per heavy atom. The van der Waals surface area contributed by atoms with Crippen LogP contribution in [0.2, 0.25) is 5.02 Å². The summed E-state index contributed by atoms with van der Waals surface area (Å²) in [5.74, 6) is 0.282. The van der Waals surface area contributed by atoms with E-state index in [1.54, 1.807) is 12.1 Å². The highest BCUT2D eigenvalue weighted by Crippen LogP contribution is 2.16. The van der Waals surface area contributed by atoms with Gasteiger partial charge in [0.1, 0.15) is 6.61 Å². The number of nitro groups is 1. The number of hydrogen-bond donors (Lipinski definition) is 0. The van der Waals surface area contributed by atoms with Gasteiger partial charge in [-0.15, -0.1) is 0 Å². The van der Waals surface area contributed by atoms with Crippen molar-refractivity contribution < 1.29 is 9.66 Å². The highest BCUT2D eigenvalue weighted by molar-refractivity contribution is 6.30. The predicted octanol–water partition coefficient (Wildman–Crippen LogP) is 3.22. The maximum atomic E-state index is 10.4. The third-order valence-corrected chi connectivity index (χ3v) is 2.48. The maximum absolute atomic E-state index is 10.4. The molecular weight excluding hydrogens is 256 g/mol. The topological polar surface area (TPSA) is 65.3 Å². The van der Waals surface area contributed by atoms with Crippen LogP contribution in [0.15, 0.2) is 42.6 Å². The summed E-state index contributed by atoms with van der Waals surface area (Å²) in [6, 6.07) is 10.1. The molecule has 0 bridgehead atoms. The number of benzene rings is 1. The lowest BCUT2D eigenvalue weighted by atomic mass is 10.2. The van der Waals surface area contributed by atoms with Crippen molar-refractivity contribution >= 4 is 17.4 Å². The van der Waals surface area contributed by atoms with Gasteiger partial charge >= 0.3 is 5.82 Å². The molecule has 18 heavy (non-hydrogen) atoms. The van der Waals surface area contributed by atoms with Gasteiger partial charge < -0.3 is 14.9 Å². The van der Waals surface area contributed by atoms with Crippen LogP contribution in [0.25, 0.3) is 0 Å². The lowest BCUT2D eigenvalue weighted by molar-refractivity contribution is -0.389. The van der Waals surface area contributed by atoms with E-state index in [0.29, 0.717) is 17.4 Å². The smallest absolute Gasteiger partial charge is 0.363 e. The molecule has 0 atom stereocenters. The summed E-state index contributed by atoms with van der Waals surface area (Å²) in [5, 5.41) is 11.1. The number of rotatable bonds is 4. The fraction of sp³-hybridized carbons (Fsp3) is 0.0833. The molecule has 5 nitrogen and oxygen atoms in total. The second-order valence-electron chi connectivity index (χ2n) is 3.52. The molecule has 0 unspecified atom stereocenters. The van der Waals surface area contributed by atoms with E-state index in [-0.39, 0.29) is 5.82 Å². The molecule has 1 heterocycles. The Kier molecular flexibility index (Phi) is 3.74. The summed E-state index contributed by atoms with van der Waals surface area (Å²) in [7, 11) is 0. The van der Waals surface area contributed by atoms with Crippen LogP contribution < -0.4 is 4.74 Å². The van der Waals surface area contributed by atoms with Crippen molar-refractivity contribution in [3.8, 4) is 5.75 Å². The molecule has 2 aromatic rings. The van der Waals surface area contributed by atoms with Crippen LogP contribution in [0, 0.1) is 10.1 Å². The first kappa shape index (κ1) is 12.3. The van der Waals surface area contributed by atoms with Gasteiger partial charge in [-0.1, -0.05) is 23.7 Å². The molecule has 0 fully saturated rings. The molecule has 0 saturated carbocycles. The molecule has 1 aromatic heterocycles. The first-order valence-corrected chi connectivity index (χ1v) is 5.50. The first-order valence-electron chi connectivity index (χ1n) is 5.13. The molecule has 0 N–H and O–H groups in total. The van der Waals surface area contributed by atoms with Crippen molar-refractivity contribution in [2.75, 3.05) is 0 Å². The minimum atomic E-state index is -0.553. The van der Waals surface area contributed by atoms with Crippen molar-refractivity contribution in [2.45, 2.75) is 6.61 Å². The molecule has 0 aliphatic heterocycles. The maximum Gasteiger partial charge on any atom is 0.363 e. The Balaban J connectivity index is 1.97. The number of aromatic nitrogens is 1. The minimum Gasteiger partial charge on any atom is -0.485 e. The summed E-state index contributed by atoms with van der Waals surface area (Å²) in [6.45, 7) is 0.358. The molecule has 0 aliphatic rings. The number of halogens is 1. The Labute approximate surface area is 108 Å². The van der Waals surface area contributed by atoms with Gasteiger partial charge in [0.15, 0.2) is 11.9 Å². The number of pyridine rings is 1. The third-order valence-electron chi connectivity index (χ3n) is 2.23. The molecule has 0 spiro atoms. The van der Waals surface area contributed by atoms with E-state index in [1.165, 1.54) is 18.3 Å².